The lowest BCUT2D eigenvalue weighted by Gasteiger charge is -2.12. The van der Waals surface area contributed by atoms with Gasteiger partial charge in [-0.1, -0.05) is 96.1 Å². The van der Waals surface area contributed by atoms with Crippen LogP contribution in [0.1, 0.15) is 91.2 Å². The molecule has 0 saturated carbocycles. The molecule has 0 aliphatic carbocycles. The molecule has 0 unspecified atom stereocenters. The third-order valence-electron chi connectivity index (χ3n) is 24.7. The van der Waals surface area contributed by atoms with Gasteiger partial charge in [-0.2, -0.15) is 17.6 Å². The number of ether oxygens (including phenoxy) is 4. The van der Waals surface area contributed by atoms with E-state index in [0.717, 1.165) is 91.9 Å². The molecule has 1 N–H and O–H groups in total. The van der Waals surface area contributed by atoms with E-state index < -0.39 is 38.7 Å². The Balaban J connectivity index is 0.000000145. The first-order valence-electron chi connectivity index (χ1n) is 43.1. The van der Waals surface area contributed by atoms with Crippen molar-refractivity contribution in [2.24, 2.45) is 0 Å². The minimum absolute atomic E-state index is 0. The van der Waals surface area contributed by atoms with Crippen molar-refractivity contribution in [3.63, 3.8) is 0 Å². The van der Waals surface area contributed by atoms with E-state index in [2.05, 4.69) is 340 Å². The van der Waals surface area contributed by atoms with Crippen LogP contribution in [-0.4, -0.2) is 77.4 Å². The Hall–Kier alpha value is -14.7. The van der Waals surface area contributed by atoms with Gasteiger partial charge in [-0.25, -0.2) is 21.6 Å². The van der Waals surface area contributed by atoms with E-state index in [-0.39, 0.29) is 30.4 Å². The van der Waals surface area contributed by atoms with Crippen LogP contribution in [0.25, 0.3) is 153 Å². The van der Waals surface area contributed by atoms with Gasteiger partial charge in [0.05, 0.1) is 68.1 Å². The maximum atomic E-state index is 11.2. The van der Waals surface area contributed by atoms with Crippen LogP contribution in [0.15, 0.2) is 279 Å². The molecule has 25 heteroatoms. The summed E-state index contributed by atoms with van der Waals surface area (Å²) in [4.78, 5) is 30.6. The summed E-state index contributed by atoms with van der Waals surface area (Å²) in [7, 11) is -2.79. The largest absolute Gasteiger partial charge is 1.00 e. The summed E-state index contributed by atoms with van der Waals surface area (Å²) in [6, 6.07) is 79.4. The first-order chi connectivity index (χ1) is 63.8. The molecule has 0 spiro atoms. The monoisotopic (exact) mass is 1890 g/mol. The molecule has 0 saturated heterocycles. The van der Waals surface area contributed by atoms with Crippen LogP contribution in [0, 0.1) is 83.1 Å². The second-order valence-corrected chi connectivity index (χ2v) is 35.7. The molecule has 0 aliphatic heterocycles. The van der Waals surface area contributed by atoms with Gasteiger partial charge in [0.25, 0.3) is 20.8 Å². The summed E-state index contributed by atoms with van der Waals surface area (Å²) in [5, 5.41) is 28.7. The number of fused-ring (bicyclic) bond motifs is 16. The molecule has 0 radical (unpaired) electrons. The third-order valence-corrected chi connectivity index (χ3v) is 25.6. The lowest BCUT2D eigenvalue weighted by atomic mass is 9.97. The van der Waals surface area contributed by atoms with Crippen molar-refractivity contribution in [3.8, 4) is 67.5 Å². The average molecular weight is 1900 g/mol. The summed E-state index contributed by atoms with van der Waals surface area (Å²) < 4.78 is 100. The molecule has 692 valence electrons. The smallest absolute Gasteiger partial charge is 0.335 e. The predicted molar refractivity (Wildman–Crippen MR) is 525 cm³/mol. The Morgan fingerprint density at radius 3 is 0.897 bits per heavy atom. The fraction of sp³-hybridized carbons (Fsp3) is 0.162. The van der Waals surface area contributed by atoms with Gasteiger partial charge in [0.15, 0.2) is 48.6 Å². The van der Waals surface area contributed by atoms with Crippen LogP contribution in [0.4, 0.5) is 0 Å². The van der Waals surface area contributed by atoms with Crippen LogP contribution in [0.2, 0.25) is 0 Å². The van der Waals surface area contributed by atoms with E-state index in [0.29, 0.717) is 0 Å². The van der Waals surface area contributed by atoms with Crippen LogP contribution >= 0.6 is 0 Å². The number of carboxylic acid groups (broad SMARTS) is 1. The number of carboxylic acids is 1. The Labute approximate surface area is 800 Å². The number of carbonyl (C=O) groups excluding carboxylic acids is 2. The van der Waals surface area contributed by atoms with Gasteiger partial charge < -0.3 is 70.8 Å². The molecule has 136 heavy (non-hydrogen) atoms. The molecule has 0 bridgehead atoms. The zero-order valence-electron chi connectivity index (χ0n) is 78.3. The first-order valence-corrected chi connectivity index (χ1v) is 45.8. The topological polar surface area (TPSA) is 271 Å². The molecular weight excluding hydrogens is 1800 g/mol. The average Bonchev–Trinajstić information content (AvgIpc) is 0.784. The van der Waals surface area contributed by atoms with Crippen molar-refractivity contribution in [1.29, 1.82) is 0 Å². The van der Waals surface area contributed by atoms with Crippen molar-refractivity contribution >= 4 is 147 Å². The number of hydrogen-bond acceptors (Lipinski definition) is 16. The van der Waals surface area contributed by atoms with Gasteiger partial charge in [0.2, 0.25) is 22.1 Å². The standard InChI is InChI=1S/C28H23NO3.C28H26NO.C27H24NO.C24H20NO2.2C2H4O5S.2ClH/c1-16-11-22-13-26-24-15-25(19-5-7-20(8-6-19)28(30)31)27(32-4)14-21(24)9-10-29(26)18(3)23(22)12-17(16)2;1-17-6-8-21(9-7-17)26-16-25-22(15-28(26)30-5)10-11-29-20(4)24-13-19(3)18(2)12-23(24)14-27(25)29;1-17-5-7-20(8-6-17)25-15-24-21(14-27(25)29-4)9-10-28-16-23-12-19(3)18(2)11-22(23)13-26(24)28;1-15-8-19-10-23-21-12-22(18-5-7-27-14-18)24(26-3)11-17(21)4-6-25(23)13-20(19)9-16(15)2;2*1-2(3)7-8(4,5)6;;/h5-15H,1-4H3;6-16H,1-5H3;5-16H,1-4H3;4-14H,1-3H3;2*1H3,(H,4,5,6);2*1H/q;3*+1;;;;/p-3. The molecule has 9 aromatic heterocycles. The molecular formula is C111H100Cl2N4O17S2. The SMILES string of the molecule is CC(=O)OS(=O)(=O)[O-].CC(=O)OS(=O)(=O)[O-].COc1cc2cc[n+]3c(C)c4cc(C)c(C)cc4cc3c2cc1-c1ccc(C(=O)O)cc1.COc1cc2cc[n+]3c(C)c4cc(C)c(C)cc4cc3c2cc1-c1ccc(C)cc1.COc1cc2cc[n+]3cc4cc(C)c(C)cc4cc3c2cc1-c1ccc(C)cc1.COc1cc2cc[n+]3cc4cc(C)c(C)cc4cc3c2cc1-c1ccoc1.[Cl-].[Cl-]. The van der Waals surface area contributed by atoms with Gasteiger partial charge in [-0.15, -0.1) is 0 Å². The van der Waals surface area contributed by atoms with Crippen molar-refractivity contribution in [3.05, 3.63) is 347 Å². The summed E-state index contributed by atoms with van der Waals surface area (Å²) in [6.45, 7) is 27.6. The molecule has 21 nitrogen and oxygen atoms in total. The number of halogens is 2. The molecule has 0 amide bonds. The Morgan fingerprint density at radius 2 is 0.603 bits per heavy atom. The second kappa shape index (κ2) is 40.6. The number of furan rings is 1. The number of hydrogen-bond donors (Lipinski definition) is 1. The maximum Gasteiger partial charge on any atom is 0.335 e. The number of nitrogens with zero attached hydrogens (tertiary/aromatic N) is 4. The van der Waals surface area contributed by atoms with Gasteiger partial charge >= 0.3 is 17.9 Å². The summed E-state index contributed by atoms with van der Waals surface area (Å²) in [5.74, 6) is 0.226. The van der Waals surface area contributed by atoms with E-state index >= 15 is 0 Å². The van der Waals surface area contributed by atoms with Gasteiger partial charge in [-0.3, -0.25) is 9.59 Å². The molecule has 0 atom stereocenters. The Bertz CT molecular complexity index is 8370. The molecule has 20 rings (SSSR count). The lowest BCUT2D eigenvalue weighted by Crippen LogP contribution is -3.00. The molecule has 20 aromatic rings. The zero-order chi connectivity index (χ0) is 95.8. The molecule has 9 heterocycles. The fourth-order valence-corrected chi connectivity index (χ4v) is 17.7. The van der Waals surface area contributed by atoms with Crippen molar-refractivity contribution in [2.45, 2.75) is 96.9 Å². The minimum Gasteiger partial charge on any atom is -1.00 e. The van der Waals surface area contributed by atoms with E-state index in [1.165, 1.54) is 165 Å². The quantitative estimate of drug-likeness (QED) is 0.0414. The summed E-state index contributed by atoms with van der Waals surface area (Å²) in [5.41, 5.74) is 29.0. The van der Waals surface area contributed by atoms with Crippen LogP contribution in [0.5, 0.6) is 23.0 Å². The van der Waals surface area contributed by atoms with Gasteiger partial charge in [0, 0.05) is 126 Å². The highest BCUT2D eigenvalue weighted by Gasteiger charge is 2.24. The Morgan fingerprint density at radius 1 is 0.316 bits per heavy atom. The fourth-order valence-electron chi connectivity index (χ4n) is 17.1. The Kier molecular flexibility index (Phi) is 29.5. The van der Waals surface area contributed by atoms with Crippen LogP contribution in [0.3, 0.4) is 0 Å². The highest BCUT2D eigenvalue weighted by Crippen LogP contribution is 2.42. The number of rotatable bonds is 11. The zero-order valence-corrected chi connectivity index (χ0v) is 81.5. The highest BCUT2D eigenvalue weighted by atomic mass is 35.5. The third kappa shape index (κ3) is 21.3. The number of aryl methyl sites for hydroxylation is 12. The summed E-state index contributed by atoms with van der Waals surface area (Å²) in [6.07, 6.45) is 16.4. The minimum atomic E-state index is -4.82. The number of carbonyl (C=O) groups is 3. The molecule has 11 aromatic carbocycles. The van der Waals surface area contributed by atoms with E-state index in [9.17, 15) is 45.4 Å². The van der Waals surface area contributed by atoms with Gasteiger partial charge in [-0.05, 0) is 265 Å². The van der Waals surface area contributed by atoms with Crippen LogP contribution in [-0.2, 0) is 38.8 Å². The number of pyridine rings is 8. The number of aromatic carboxylic acids is 1. The number of benzene rings is 11. The van der Waals surface area contributed by atoms with Crippen molar-refractivity contribution in [2.75, 3.05) is 28.4 Å². The van der Waals surface area contributed by atoms with E-state index in [1.807, 2.05) is 18.2 Å². The molecule has 0 aliphatic rings. The summed E-state index contributed by atoms with van der Waals surface area (Å²) >= 11 is 0. The molecule has 0 fully saturated rings. The number of aromatic nitrogens is 4. The van der Waals surface area contributed by atoms with E-state index in [4.69, 9.17) is 23.4 Å². The first kappa shape index (κ1) is 98.8. The maximum absolute atomic E-state index is 11.2. The van der Waals surface area contributed by atoms with Crippen molar-refractivity contribution < 1.29 is 120 Å². The van der Waals surface area contributed by atoms with Gasteiger partial charge in [0.1, 0.15) is 23.0 Å². The van der Waals surface area contributed by atoms with E-state index in [1.54, 1.807) is 53.1 Å². The normalized spacial score (nSPS) is 11.2. The second-order valence-electron chi connectivity index (χ2n) is 33.7. The highest BCUT2D eigenvalue weighted by molar-refractivity contribution is 7.81. The lowest BCUT2D eigenvalue weighted by molar-refractivity contribution is -0.517. The predicted octanol–water partition coefficient (Wildman–Crippen LogP) is 16.6. The van der Waals surface area contributed by atoms with Crippen molar-refractivity contribution in [1.82, 2.24) is 0 Å². The van der Waals surface area contributed by atoms with Crippen LogP contribution < -0.4 is 61.4 Å². The number of methoxy groups -OCH3 is 4.